The third kappa shape index (κ3) is 2.85. The second-order valence-electron chi connectivity index (χ2n) is 3.66. The van der Waals surface area contributed by atoms with Gasteiger partial charge in [-0.2, -0.15) is 4.98 Å². The molecular formula is C12H12N2O4. The van der Waals surface area contributed by atoms with Crippen molar-refractivity contribution >= 4 is 5.97 Å². The van der Waals surface area contributed by atoms with Crippen molar-refractivity contribution in [2.24, 2.45) is 0 Å². The number of carboxylic acids is 1. The number of carbonyl (C=O) groups is 1. The molecule has 0 amide bonds. The summed E-state index contributed by atoms with van der Waals surface area (Å²) in [6.07, 6.45) is 0.173. The van der Waals surface area contributed by atoms with Gasteiger partial charge in [0.15, 0.2) is 5.82 Å². The number of methoxy groups -OCH3 is 1. The van der Waals surface area contributed by atoms with E-state index in [1.165, 1.54) is 0 Å². The molecule has 94 valence electrons. The number of nitrogens with zero attached hydrogens (tertiary/aromatic N) is 2. The molecule has 6 heteroatoms. The average Bonchev–Trinajstić information content (AvgIpc) is 2.76. The molecule has 0 saturated heterocycles. The summed E-state index contributed by atoms with van der Waals surface area (Å²) in [5.74, 6) is 0.290. The van der Waals surface area contributed by atoms with E-state index in [-0.39, 0.29) is 12.2 Å². The fraction of sp³-hybridized carbons (Fsp3) is 0.250. The molecule has 2 aromatic rings. The number of para-hydroxylation sites is 1. The summed E-state index contributed by atoms with van der Waals surface area (Å²) >= 11 is 0. The van der Waals surface area contributed by atoms with E-state index in [0.717, 1.165) is 11.3 Å². The van der Waals surface area contributed by atoms with Crippen molar-refractivity contribution in [3.8, 4) is 5.75 Å². The lowest BCUT2D eigenvalue weighted by Crippen LogP contribution is -2.02. The number of hydrogen-bond donors (Lipinski definition) is 1. The number of rotatable bonds is 5. The topological polar surface area (TPSA) is 85.5 Å². The number of aromatic nitrogens is 2. The Hall–Kier alpha value is -2.37. The Kier molecular flexibility index (Phi) is 3.57. The number of carboxylic acid groups (broad SMARTS) is 1. The first-order valence-electron chi connectivity index (χ1n) is 5.34. The molecule has 6 nitrogen and oxygen atoms in total. The van der Waals surface area contributed by atoms with Crippen molar-refractivity contribution in [1.29, 1.82) is 0 Å². The Labute approximate surface area is 103 Å². The molecule has 0 aliphatic rings. The summed E-state index contributed by atoms with van der Waals surface area (Å²) in [6, 6.07) is 7.47. The molecule has 0 atom stereocenters. The Balaban J connectivity index is 2.13. The van der Waals surface area contributed by atoms with E-state index in [1.54, 1.807) is 7.11 Å². The minimum atomic E-state index is -0.986. The van der Waals surface area contributed by atoms with Crippen molar-refractivity contribution in [2.75, 3.05) is 7.11 Å². The summed E-state index contributed by atoms with van der Waals surface area (Å²) in [4.78, 5) is 14.5. The van der Waals surface area contributed by atoms with Gasteiger partial charge in [0.2, 0.25) is 5.89 Å². The fourth-order valence-electron chi connectivity index (χ4n) is 1.58. The molecule has 1 heterocycles. The van der Waals surface area contributed by atoms with Crippen LogP contribution in [-0.4, -0.2) is 28.3 Å². The number of hydrogen-bond acceptors (Lipinski definition) is 5. The lowest BCUT2D eigenvalue weighted by atomic mass is 10.1. The van der Waals surface area contributed by atoms with E-state index >= 15 is 0 Å². The first-order chi connectivity index (χ1) is 8.69. The number of aliphatic carboxylic acids is 1. The van der Waals surface area contributed by atoms with Crippen molar-refractivity contribution in [2.45, 2.75) is 12.8 Å². The monoisotopic (exact) mass is 248 g/mol. The van der Waals surface area contributed by atoms with Gasteiger partial charge in [0.25, 0.3) is 0 Å². The highest BCUT2D eigenvalue weighted by Gasteiger charge is 2.12. The first kappa shape index (κ1) is 12.1. The molecule has 2 rings (SSSR count). The molecule has 0 aliphatic carbocycles. The van der Waals surface area contributed by atoms with Gasteiger partial charge in [-0.3, -0.25) is 4.79 Å². The Morgan fingerprint density at radius 3 is 2.94 bits per heavy atom. The van der Waals surface area contributed by atoms with Gasteiger partial charge in [0, 0.05) is 5.56 Å². The van der Waals surface area contributed by atoms with E-state index in [1.807, 2.05) is 24.3 Å². The third-order valence-corrected chi connectivity index (χ3v) is 2.35. The van der Waals surface area contributed by atoms with Crippen molar-refractivity contribution in [3.05, 3.63) is 41.5 Å². The van der Waals surface area contributed by atoms with Crippen LogP contribution in [-0.2, 0) is 17.6 Å². The zero-order valence-corrected chi connectivity index (χ0v) is 9.79. The van der Waals surface area contributed by atoms with Crippen LogP contribution in [0.1, 0.15) is 17.3 Å². The lowest BCUT2D eigenvalue weighted by molar-refractivity contribution is -0.136. The van der Waals surface area contributed by atoms with Crippen LogP contribution in [0.15, 0.2) is 28.8 Å². The maximum Gasteiger partial charge on any atom is 0.311 e. The van der Waals surface area contributed by atoms with Crippen molar-refractivity contribution in [1.82, 2.24) is 10.1 Å². The normalized spacial score (nSPS) is 10.3. The Morgan fingerprint density at radius 2 is 2.22 bits per heavy atom. The zero-order chi connectivity index (χ0) is 13.0. The molecule has 1 N–H and O–H groups in total. The van der Waals surface area contributed by atoms with Crippen LogP contribution in [0.25, 0.3) is 0 Å². The van der Waals surface area contributed by atoms with Gasteiger partial charge in [-0.25, -0.2) is 0 Å². The van der Waals surface area contributed by atoms with Crippen LogP contribution in [0, 0.1) is 0 Å². The lowest BCUT2D eigenvalue weighted by Gasteiger charge is -2.04. The quantitative estimate of drug-likeness (QED) is 0.858. The van der Waals surface area contributed by atoms with Crippen LogP contribution in [0.3, 0.4) is 0 Å². The SMILES string of the molecule is COc1ccccc1Cc1nc(CC(=O)O)no1. The molecule has 0 unspecified atom stereocenters. The van der Waals surface area contributed by atoms with Gasteiger partial charge in [-0.05, 0) is 6.07 Å². The maximum atomic E-state index is 10.5. The zero-order valence-electron chi connectivity index (χ0n) is 9.79. The van der Waals surface area contributed by atoms with Gasteiger partial charge < -0.3 is 14.4 Å². The van der Waals surface area contributed by atoms with Crippen LogP contribution in [0.5, 0.6) is 5.75 Å². The largest absolute Gasteiger partial charge is 0.496 e. The van der Waals surface area contributed by atoms with E-state index in [9.17, 15) is 4.79 Å². The van der Waals surface area contributed by atoms with Crippen molar-refractivity contribution < 1.29 is 19.2 Å². The van der Waals surface area contributed by atoms with Gasteiger partial charge in [0.05, 0.1) is 13.5 Å². The molecule has 0 fully saturated rings. The molecule has 1 aromatic heterocycles. The molecule has 18 heavy (non-hydrogen) atoms. The minimum absolute atomic E-state index is 0.174. The Morgan fingerprint density at radius 1 is 1.44 bits per heavy atom. The second kappa shape index (κ2) is 5.31. The van der Waals surface area contributed by atoms with Crippen LogP contribution < -0.4 is 4.74 Å². The highest BCUT2D eigenvalue weighted by molar-refractivity contribution is 5.68. The summed E-state index contributed by atoms with van der Waals surface area (Å²) in [6.45, 7) is 0. The van der Waals surface area contributed by atoms with Crippen molar-refractivity contribution in [3.63, 3.8) is 0 Å². The maximum absolute atomic E-state index is 10.5. The molecule has 0 saturated carbocycles. The second-order valence-corrected chi connectivity index (χ2v) is 3.66. The predicted molar refractivity (Wildman–Crippen MR) is 61.4 cm³/mol. The third-order valence-electron chi connectivity index (χ3n) is 2.35. The van der Waals surface area contributed by atoms with E-state index in [2.05, 4.69) is 10.1 Å². The molecule has 0 aliphatic heterocycles. The van der Waals surface area contributed by atoms with Crippen LogP contribution >= 0.6 is 0 Å². The molecule has 0 radical (unpaired) electrons. The van der Waals surface area contributed by atoms with Gasteiger partial charge in [0.1, 0.15) is 12.2 Å². The van der Waals surface area contributed by atoms with Gasteiger partial charge in [-0.1, -0.05) is 23.4 Å². The summed E-state index contributed by atoms with van der Waals surface area (Å²) < 4.78 is 10.2. The highest BCUT2D eigenvalue weighted by atomic mass is 16.5. The van der Waals surface area contributed by atoms with Gasteiger partial charge >= 0.3 is 5.97 Å². The summed E-state index contributed by atoms with van der Waals surface area (Å²) in [5, 5.41) is 12.2. The number of ether oxygens (including phenoxy) is 1. The summed E-state index contributed by atoms with van der Waals surface area (Å²) in [7, 11) is 1.59. The highest BCUT2D eigenvalue weighted by Crippen LogP contribution is 2.20. The Bertz CT molecular complexity index is 551. The van der Waals surface area contributed by atoms with Crippen LogP contribution in [0.4, 0.5) is 0 Å². The minimum Gasteiger partial charge on any atom is -0.496 e. The van der Waals surface area contributed by atoms with E-state index < -0.39 is 5.97 Å². The smallest absolute Gasteiger partial charge is 0.311 e. The first-order valence-corrected chi connectivity index (χ1v) is 5.34. The average molecular weight is 248 g/mol. The standard InChI is InChI=1S/C12H12N2O4/c1-17-9-5-3-2-4-8(9)6-11-13-10(14-18-11)7-12(15)16/h2-5H,6-7H2,1H3,(H,15,16). The molecule has 0 bridgehead atoms. The molecular weight excluding hydrogens is 236 g/mol. The number of benzene rings is 1. The summed E-state index contributed by atoms with van der Waals surface area (Å²) in [5.41, 5.74) is 0.908. The molecule has 0 spiro atoms. The van der Waals surface area contributed by atoms with E-state index in [4.69, 9.17) is 14.4 Å². The van der Waals surface area contributed by atoms with E-state index in [0.29, 0.717) is 12.3 Å². The molecule has 1 aromatic carbocycles. The van der Waals surface area contributed by atoms with Gasteiger partial charge in [-0.15, -0.1) is 0 Å². The fourth-order valence-corrected chi connectivity index (χ4v) is 1.58. The van der Waals surface area contributed by atoms with Crippen LogP contribution in [0.2, 0.25) is 0 Å². The predicted octanol–water partition coefficient (Wildman–Crippen LogP) is 1.30.